The molecule has 1 N–H and O–H groups in total. The maximum Gasteiger partial charge on any atom is 0.328 e. The molecule has 1 heterocycles. The molecule has 82 valence electrons. The second kappa shape index (κ2) is 4.66. The number of benzene rings is 1. The fourth-order valence-electron chi connectivity index (χ4n) is 1.61. The van der Waals surface area contributed by atoms with E-state index in [1.54, 1.807) is 6.08 Å². The third-order valence-electron chi connectivity index (χ3n) is 2.35. The summed E-state index contributed by atoms with van der Waals surface area (Å²) in [5.74, 6) is 0.0187. The molecule has 1 aliphatic heterocycles. The first-order valence-electron chi connectivity index (χ1n) is 5.09. The number of ether oxygens (including phenoxy) is 1. The summed E-state index contributed by atoms with van der Waals surface area (Å²) >= 11 is 0. The van der Waals surface area contributed by atoms with Crippen molar-refractivity contribution in [3.63, 3.8) is 0 Å². The molecular weight excluding hydrogens is 204 g/mol. The van der Waals surface area contributed by atoms with Crippen molar-refractivity contribution in [2.24, 2.45) is 0 Å². The normalized spacial score (nSPS) is 14.2. The zero-order chi connectivity index (χ0) is 11.4. The maximum absolute atomic E-state index is 10.2. The van der Waals surface area contributed by atoms with Gasteiger partial charge in [0.15, 0.2) is 0 Å². The van der Waals surface area contributed by atoms with Gasteiger partial charge >= 0.3 is 5.97 Å². The van der Waals surface area contributed by atoms with Crippen LogP contribution in [-0.4, -0.2) is 17.7 Å². The minimum Gasteiger partial charge on any atom is -0.493 e. The third kappa shape index (κ3) is 2.51. The minimum atomic E-state index is -0.938. The number of rotatable bonds is 3. The molecule has 1 aliphatic rings. The molecule has 0 unspecified atom stereocenters. The van der Waals surface area contributed by atoms with Crippen LogP contribution in [0, 0.1) is 0 Å². The molecule has 2 rings (SSSR count). The fourth-order valence-corrected chi connectivity index (χ4v) is 1.61. The lowest BCUT2D eigenvalue weighted by atomic mass is 10.1. The summed E-state index contributed by atoms with van der Waals surface area (Å²) in [7, 11) is 0. The van der Waals surface area contributed by atoms with Crippen LogP contribution in [0.4, 0.5) is 0 Å². The number of aliphatic carboxylic acids is 1. The van der Waals surface area contributed by atoms with Crippen molar-refractivity contribution in [2.45, 2.75) is 6.42 Å². The standard InChI is InChI=1S/C13H12O3/c14-13(15)4-2-1-3-10-5-6-12-11(9-10)7-8-16-12/h1-6,9H,7-8H2,(H,14,15)/b3-1+,4-2+. The molecule has 3 nitrogen and oxygen atoms in total. The molecule has 0 atom stereocenters. The predicted molar refractivity (Wildman–Crippen MR) is 61.5 cm³/mol. The van der Waals surface area contributed by atoms with E-state index in [0.29, 0.717) is 0 Å². The highest BCUT2D eigenvalue weighted by Gasteiger charge is 2.10. The SMILES string of the molecule is O=C(O)/C=C/C=C/c1ccc2c(c1)CCO2. The zero-order valence-corrected chi connectivity index (χ0v) is 8.72. The molecular formula is C13H12O3. The molecule has 3 heteroatoms. The van der Waals surface area contributed by atoms with E-state index in [2.05, 4.69) is 6.07 Å². The van der Waals surface area contributed by atoms with Gasteiger partial charge in [-0.2, -0.15) is 0 Å². The second-order valence-corrected chi connectivity index (χ2v) is 3.52. The van der Waals surface area contributed by atoms with Crippen LogP contribution in [0.15, 0.2) is 36.4 Å². The lowest BCUT2D eigenvalue weighted by Crippen LogP contribution is -1.85. The summed E-state index contributed by atoms with van der Waals surface area (Å²) < 4.78 is 5.39. The van der Waals surface area contributed by atoms with Crippen molar-refractivity contribution in [3.05, 3.63) is 47.6 Å². The number of fused-ring (bicyclic) bond motifs is 1. The third-order valence-corrected chi connectivity index (χ3v) is 2.35. The highest BCUT2D eigenvalue weighted by molar-refractivity contribution is 5.80. The van der Waals surface area contributed by atoms with Gasteiger partial charge in [0.2, 0.25) is 0 Å². The fraction of sp³-hybridized carbons (Fsp3) is 0.154. The quantitative estimate of drug-likeness (QED) is 0.622. The Hall–Kier alpha value is -2.03. The van der Waals surface area contributed by atoms with Crippen LogP contribution in [0.2, 0.25) is 0 Å². The number of hydrogen-bond donors (Lipinski definition) is 1. The Kier molecular flexibility index (Phi) is 3.05. The lowest BCUT2D eigenvalue weighted by molar-refractivity contribution is -0.131. The second-order valence-electron chi connectivity index (χ2n) is 3.52. The summed E-state index contributed by atoms with van der Waals surface area (Å²) in [6.07, 6.45) is 7.14. The van der Waals surface area contributed by atoms with E-state index in [4.69, 9.17) is 9.84 Å². The van der Waals surface area contributed by atoms with Crippen molar-refractivity contribution in [3.8, 4) is 5.75 Å². The Labute approximate surface area is 93.7 Å². The summed E-state index contributed by atoms with van der Waals surface area (Å²) in [6.45, 7) is 0.751. The Balaban J connectivity index is 2.08. The van der Waals surface area contributed by atoms with Gasteiger partial charge in [-0.3, -0.25) is 0 Å². The molecule has 0 radical (unpaired) electrons. The van der Waals surface area contributed by atoms with Gasteiger partial charge in [0.05, 0.1) is 6.61 Å². The molecule has 0 saturated carbocycles. The molecule has 16 heavy (non-hydrogen) atoms. The maximum atomic E-state index is 10.2. The van der Waals surface area contributed by atoms with Gasteiger partial charge in [0, 0.05) is 12.5 Å². The Morgan fingerprint density at radius 1 is 1.38 bits per heavy atom. The van der Waals surface area contributed by atoms with E-state index in [0.717, 1.165) is 30.4 Å². The average Bonchev–Trinajstić information content (AvgIpc) is 2.71. The van der Waals surface area contributed by atoms with Gasteiger partial charge in [-0.1, -0.05) is 24.3 Å². The predicted octanol–water partition coefficient (Wildman–Crippen LogP) is 2.28. The first-order valence-corrected chi connectivity index (χ1v) is 5.09. The molecule has 1 aromatic rings. The summed E-state index contributed by atoms with van der Waals surface area (Å²) in [4.78, 5) is 10.2. The van der Waals surface area contributed by atoms with Gasteiger partial charge in [-0.15, -0.1) is 0 Å². The van der Waals surface area contributed by atoms with E-state index in [1.807, 2.05) is 18.2 Å². The lowest BCUT2D eigenvalue weighted by Gasteiger charge is -1.98. The largest absolute Gasteiger partial charge is 0.493 e. The van der Waals surface area contributed by atoms with Crippen molar-refractivity contribution >= 4 is 12.0 Å². The highest BCUT2D eigenvalue weighted by atomic mass is 16.5. The van der Waals surface area contributed by atoms with Gasteiger partial charge in [-0.25, -0.2) is 4.79 Å². The van der Waals surface area contributed by atoms with Crippen LogP contribution in [0.1, 0.15) is 11.1 Å². The minimum absolute atomic E-state index is 0.751. The first-order chi connectivity index (χ1) is 7.75. The van der Waals surface area contributed by atoms with Crippen molar-refractivity contribution in [2.75, 3.05) is 6.61 Å². The summed E-state index contributed by atoms with van der Waals surface area (Å²) in [6, 6.07) is 5.96. The Morgan fingerprint density at radius 2 is 2.25 bits per heavy atom. The molecule has 1 aromatic carbocycles. The van der Waals surface area contributed by atoms with E-state index in [-0.39, 0.29) is 0 Å². The average molecular weight is 216 g/mol. The molecule has 0 aliphatic carbocycles. The van der Waals surface area contributed by atoms with Crippen LogP contribution in [0.3, 0.4) is 0 Å². The Morgan fingerprint density at radius 3 is 3.06 bits per heavy atom. The molecule has 0 aromatic heterocycles. The summed E-state index contributed by atoms with van der Waals surface area (Å²) in [5, 5.41) is 8.40. The first kappa shape index (κ1) is 10.5. The Bertz CT molecular complexity index is 458. The van der Waals surface area contributed by atoms with Crippen LogP contribution >= 0.6 is 0 Å². The van der Waals surface area contributed by atoms with Crippen molar-refractivity contribution < 1.29 is 14.6 Å². The number of carboxylic acid groups (broad SMARTS) is 1. The molecule has 0 fully saturated rings. The number of allylic oxidation sites excluding steroid dienone is 2. The number of carbonyl (C=O) groups is 1. The van der Waals surface area contributed by atoms with Crippen LogP contribution in [-0.2, 0) is 11.2 Å². The molecule has 0 bridgehead atoms. The highest BCUT2D eigenvalue weighted by Crippen LogP contribution is 2.26. The number of carboxylic acids is 1. The molecule has 0 saturated heterocycles. The summed E-state index contributed by atoms with van der Waals surface area (Å²) in [5.41, 5.74) is 2.27. The smallest absolute Gasteiger partial charge is 0.328 e. The monoisotopic (exact) mass is 216 g/mol. The van der Waals surface area contributed by atoms with E-state index >= 15 is 0 Å². The van der Waals surface area contributed by atoms with Crippen LogP contribution in [0.5, 0.6) is 5.75 Å². The number of hydrogen-bond acceptors (Lipinski definition) is 2. The van der Waals surface area contributed by atoms with Crippen molar-refractivity contribution in [1.82, 2.24) is 0 Å². The van der Waals surface area contributed by atoms with E-state index in [1.165, 1.54) is 11.6 Å². The van der Waals surface area contributed by atoms with E-state index < -0.39 is 5.97 Å². The molecule has 0 amide bonds. The van der Waals surface area contributed by atoms with E-state index in [9.17, 15) is 4.79 Å². The van der Waals surface area contributed by atoms with Crippen molar-refractivity contribution in [1.29, 1.82) is 0 Å². The van der Waals surface area contributed by atoms with Gasteiger partial charge in [0.25, 0.3) is 0 Å². The zero-order valence-electron chi connectivity index (χ0n) is 8.72. The van der Waals surface area contributed by atoms with Gasteiger partial charge < -0.3 is 9.84 Å². The van der Waals surface area contributed by atoms with Crippen LogP contribution < -0.4 is 4.74 Å². The van der Waals surface area contributed by atoms with Gasteiger partial charge in [-0.05, 0) is 23.3 Å². The molecule has 0 spiro atoms. The topological polar surface area (TPSA) is 46.5 Å². The van der Waals surface area contributed by atoms with Gasteiger partial charge in [0.1, 0.15) is 5.75 Å². The van der Waals surface area contributed by atoms with Crippen LogP contribution in [0.25, 0.3) is 6.08 Å².